The Kier molecular flexibility index (Phi) is 2.25. The molecule has 0 aliphatic carbocycles. The van der Waals surface area contributed by atoms with Gasteiger partial charge in [-0.05, 0) is 25.0 Å². The molecule has 19 heavy (non-hydrogen) atoms. The molecule has 3 nitrogen and oxygen atoms in total. The molecule has 1 aromatic carbocycles. The van der Waals surface area contributed by atoms with Crippen molar-refractivity contribution < 1.29 is 4.79 Å². The fraction of sp³-hybridized carbons (Fsp3) is 0.562. The molecule has 0 spiro atoms. The highest BCUT2D eigenvalue weighted by atomic mass is 16.1. The number of hydrogen-bond acceptors (Lipinski definition) is 3. The highest BCUT2D eigenvalue weighted by Gasteiger charge is 2.56. The van der Waals surface area contributed by atoms with E-state index >= 15 is 0 Å². The summed E-state index contributed by atoms with van der Waals surface area (Å²) in [5.74, 6) is 0.726. The minimum absolute atomic E-state index is 0.233. The molecule has 1 aromatic rings. The zero-order valence-corrected chi connectivity index (χ0v) is 11.6. The van der Waals surface area contributed by atoms with Crippen LogP contribution in [0.25, 0.3) is 0 Å². The summed E-state index contributed by atoms with van der Waals surface area (Å²) in [6.45, 7) is 9.10. The summed E-state index contributed by atoms with van der Waals surface area (Å²) in [5, 5.41) is 0. The second-order valence-corrected chi connectivity index (χ2v) is 6.63. The third-order valence-electron chi connectivity index (χ3n) is 5.10. The van der Waals surface area contributed by atoms with Crippen molar-refractivity contribution >= 4 is 5.78 Å². The van der Waals surface area contributed by atoms with E-state index in [1.165, 1.54) is 16.7 Å². The lowest BCUT2D eigenvalue weighted by molar-refractivity contribution is -0.153. The van der Waals surface area contributed by atoms with Crippen LogP contribution in [0, 0.1) is 19.8 Å². The van der Waals surface area contributed by atoms with Crippen LogP contribution >= 0.6 is 0 Å². The topological polar surface area (TPSA) is 23.6 Å². The largest absolute Gasteiger partial charge is 0.298 e. The first-order chi connectivity index (χ1) is 9.08. The van der Waals surface area contributed by atoms with E-state index in [4.69, 9.17) is 0 Å². The molecule has 3 heteroatoms. The minimum atomic E-state index is -0.254. The van der Waals surface area contributed by atoms with Gasteiger partial charge in [-0.1, -0.05) is 23.8 Å². The van der Waals surface area contributed by atoms with Crippen LogP contribution in [0.4, 0.5) is 0 Å². The molecule has 4 bridgehead atoms. The third kappa shape index (κ3) is 1.49. The molecule has 4 saturated heterocycles. The smallest absolute Gasteiger partial charge is 0.151 e. The maximum Gasteiger partial charge on any atom is 0.151 e. The van der Waals surface area contributed by atoms with Crippen LogP contribution in [0.5, 0.6) is 0 Å². The average molecular weight is 256 g/mol. The second-order valence-electron chi connectivity index (χ2n) is 6.63. The standard InChI is InChI=1S/C16H20N2O/c1-11-3-4-12(2)14(5-11)16-8-17-6-13(15(16)19)7-18(9-16)10-17/h3-5,13H,6-10H2,1-2H3. The molecule has 0 N–H and O–H groups in total. The number of carbonyl (C=O) groups excluding carboxylic acids is 1. The number of nitrogens with zero attached hydrogens (tertiary/aromatic N) is 2. The molecule has 5 rings (SSSR count). The van der Waals surface area contributed by atoms with Crippen LogP contribution in [0.3, 0.4) is 0 Å². The summed E-state index contributed by atoms with van der Waals surface area (Å²) in [6, 6.07) is 6.55. The Hall–Kier alpha value is -1.19. The van der Waals surface area contributed by atoms with Gasteiger partial charge in [-0.2, -0.15) is 0 Å². The van der Waals surface area contributed by atoms with Gasteiger partial charge in [-0.15, -0.1) is 0 Å². The lowest BCUT2D eigenvalue weighted by atomic mass is 9.64. The highest BCUT2D eigenvalue weighted by molar-refractivity contribution is 5.95. The van der Waals surface area contributed by atoms with E-state index in [9.17, 15) is 4.79 Å². The zero-order valence-electron chi connectivity index (χ0n) is 11.6. The number of carbonyl (C=O) groups is 1. The van der Waals surface area contributed by atoms with Gasteiger partial charge in [0.05, 0.1) is 12.1 Å². The molecular formula is C16H20N2O. The Bertz CT molecular complexity index is 552. The van der Waals surface area contributed by atoms with Gasteiger partial charge in [0.25, 0.3) is 0 Å². The van der Waals surface area contributed by atoms with Gasteiger partial charge < -0.3 is 0 Å². The predicted molar refractivity (Wildman–Crippen MR) is 74.1 cm³/mol. The normalized spacial score (nSPS) is 39.9. The number of Topliss-reactive ketones (excluding diaryl/α,β-unsaturated/α-hetero) is 1. The van der Waals surface area contributed by atoms with E-state index in [1.54, 1.807) is 0 Å². The van der Waals surface area contributed by atoms with Crippen molar-refractivity contribution in [1.29, 1.82) is 0 Å². The Labute approximate surface area is 114 Å². The molecule has 4 fully saturated rings. The molecule has 100 valence electrons. The van der Waals surface area contributed by atoms with Crippen LogP contribution < -0.4 is 0 Å². The van der Waals surface area contributed by atoms with Gasteiger partial charge in [0, 0.05) is 32.1 Å². The number of rotatable bonds is 1. The lowest BCUT2D eigenvalue weighted by Gasteiger charge is -2.58. The number of ketones is 1. The molecule has 0 radical (unpaired) electrons. The van der Waals surface area contributed by atoms with Crippen molar-refractivity contribution in [3.63, 3.8) is 0 Å². The van der Waals surface area contributed by atoms with Crippen LogP contribution in [-0.2, 0) is 10.2 Å². The summed E-state index contributed by atoms with van der Waals surface area (Å²) >= 11 is 0. The summed E-state index contributed by atoms with van der Waals surface area (Å²) < 4.78 is 0. The first-order valence-electron chi connectivity index (χ1n) is 7.15. The van der Waals surface area contributed by atoms with E-state index in [0.717, 1.165) is 32.8 Å². The molecule has 0 aromatic heterocycles. The monoisotopic (exact) mass is 256 g/mol. The van der Waals surface area contributed by atoms with Gasteiger partial charge >= 0.3 is 0 Å². The van der Waals surface area contributed by atoms with Crippen molar-refractivity contribution in [3.8, 4) is 0 Å². The van der Waals surface area contributed by atoms with Gasteiger partial charge in [0.15, 0.2) is 5.78 Å². The SMILES string of the molecule is Cc1ccc(C)c(C23CN4CC(CN(C4)C2)C3=O)c1. The van der Waals surface area contributed by atoms with Crippen molar-refractivity contribution in [2.24, 2.45) is 5.92 Å². The van der Waals surface area contributed by atoms with Crippen LogP contribution in [-0.4, -0.2) is 48.4 Å². The quantitative estimate of drug-likeness (QED) is 0.757. The maximum absolute atomic E-state index is 12.9. The molecule has 2 unspecified atom stereocenters. The van der Waals surface area contributed by atoms with E-state index in [-0.39, 0.29) is 11.3 Å². The minimum Gasteiger partial charge on any atom is -0.298 e. The van der Waals surface area contributed by atoms with Crippen molar-refractivity contribution in [1.82, 2.24) is 9.80 Å². The summed E-state index contributed by atoms with van der Waals surface area (Å²) in [4.78, 5) is 17.8. The zero-order chi connectivity index (χ0) is 13.2. The summed E-state index contributed by atoms with van der Waals surface area (Å²) in [6.07, 6.45) is 0. The highest BCUT2D eigenvalue weighted by Crippen LogP contribution is 2.43. The Morgan fingerprint density at radius 1 is 1.16 bits per heavy atom. The van der Waals surface area contributed by atoms with Gasteiger partial charge in [0.2, 0.25) is 0 Å². The summed E-state index contributed by atoms with van der Waals surface area (Å²) in [7, 11) is 0. The third-order valence-corrected chi connectivity index (χ3v) is 5.10. The molecule has 4 aliphatic heterocycles. The molecule has 0 amide bonds. The van der Waals surface area contributed by atoms with Crippen LogP contribution in [0.1, 0.15) is 16.7 Å². The Morgan fingerprint density at radius 3 is 2.53 bits per heavy atom. The van der Waals surface area contributed by atoms with E-state index < -0.39 is 0 Å². The number of hydrogen-bond donors (Lipinski definition) is 0. The first-order valence-corrected chi connectivity index (χ1v) is 7.15. The molecule has 4 heterocycles. The first kappa shape index (κ1) is 11.6. The van der Waals surface area contributed by atoms with Gasteiger partial charge in [0.1, 0.15) is 0 Å². The number of aryl methyl sites for hydroxylation is 2. The second kappa shape index (κ2) is 3.68. The molecule has 4 aliphatic rings. The van der Waals surface area contributed by atoms with Crippen molar-refractivity contribution in [3.05, 3.63) is 34.9 Å². The van der Waals surface area contributed by atoms with Gasteiger partial charge in [-0.25, -0.2) is 0 Å². The van der Waals surface area contributed by atoms with E-state index in [2.05, 4.69) is 41.8 Å². The Balaban J connectivity index is 1.88. The van der Waals surface area contributed by atoms with Gasteiger partial charge in [-0.3, -0.25) is 14.6 Å². The average Bonchev–Trinajstić information content (AvgIpc) is 2.37. The molecular weight excluding hydrogens is 236 g/mol. The van der Waals surface area contributed by atoms with Crippen LogP contribution in [0.2, 0.25) is 0 Å². The van der Waals surface area contributed by atoms with E-state index in [1.807, 2.05) is 0 Å². The van der Waals surface area contributed by atoms with E-state index in [0.29, 0.717) is 5.78 Å². The fourth-order valence-corrected chi connectivity index (χ4v) is 4.39. The summed E-state index contributed by atoms with van der Waals surface area (Å²) in [5.41, 5.74) is 3.55. The lowest BCUT2D eigenvalue weighted by Crippen LogP contribution is -2.73. The number of benzene rings is 1. The van der Waals surface area contributed by atoms with Crippen LogP contribution in [0.15, 0.2) is 18.2 Å². The van der Waals surface area contributed by atoms with Crippen molar-refractivity contribution in [2.45, 2.75) is 19.3 Å². The van der Waals surface area contributed by atoms with Crippen molar-refractivity contribution in [2.75, 3.05) is 32.8 Å². The number of piperidine rings is 2. The maximum atomic E-state index is 12.9. The molecule has 0 saturated carbocycles. The fourth-order valence-electron chi connectivity index (χ4n) is 4.39. The molecule has 2 atom stereocenters. The predicted octanol–water partition coefficient (Wildman–Crippen LogP) is 1.33. The Morgan fingerprint density at radius 2 is 1.84 bits per heavy atom.